The van der Waals surface area contributed by atoms with Crippen LogP contribution < -0.4 is 5.73 Å². The van der Waals surface area contributed by atoms with Gasteiger partial charge in [0.2, 0.25) is 9.75 Å². The largest absolute Gasteiger partial charge is 0.369 e. The van der Waals surface area contributed by atoms with E-state index in [2.05, 4.69) is 4.99 Å². The number of ketones is 1. The lowest BCUT2D eigenvalue weighted by Gasteiger charge is -2.43. The van der Waals surface area contributed by atoms with Crippen molar-refractivity contribution < 1.29 is 17.4 Å². The van der Waals surface area contributed by atoms with Crippen LogP contribution in [0, 0.1) is 0 Å². The Morgan fingerprint density at radius 3 is 2.38 bits per heavy atom. The normalized spacial score (nSPS) is 21.5. The van der Waals surface area contributed by atoms with Crippen molar-refractivity contribution in [1.82, 2.24) is 4.31 Å². The Hall–Kier alpha value is -0.800. The van der Waals surface area contributed by atoms with E-state index in [-0.39, 0.29) is 11.7 Å². The summed E-state index contributed by atoms with van der Waals surface area (Å²) in [6.45, 7) is 2.82. The van der Waals surface area contributed by atoms with Gasteiger partial charge in [0.05, 0.1) is 0 Å². The molecule has 0 aromatic heterocycles. The molecule has 0 saturated heterocycles. The molecule has 0 amide bonds. The number of Topliss-reactive ketones (excluding diaryl/α,β-unsaturated/α-hetero) is 1. The first-order valence-electron chi connectivity index (χ1n) is 6.88. The van der Waals surface area contributed by atoms with Gasteiger partial charge in [-0.1, -0.05) is 34.8 Å². The quantitative estimate of drug-likeness (QED) is 0.707. The topological polar surface area (TPSA) is 102 Å². The van der Waals surface area contributed by atoms with Gasteiger partial charge in [-0.25, -0.2) is 8.49 Å². The Balaban J connectivity index is 2.50. The SMILES string of the molecule is CC1=CC2(C=C(C)C1=O)CCN=C(N)N2S(=O)(=O)OCC(Cl)(Cl)Cl. The molecule has 2 N–H and O–H groups in total. The Bertz CT molecular complexity index is 731. The predicted octanol–water partition coefficient (Wildman–Crippen LogP) is 1.85. The minimum absolute atomic E-state index is 0.165. The van der Waals surface area contributed by atoms with E-state index < -0.39 is 26.2 Å². The number of hydrogen-bond acceptors (Lipinski definition) is 6. The van der Waals surface area contributed by atoms with Gasteiger partial charge in [0.15, 0.2) is 5.78 Å². The van der Waals surface area contributed by atoms with E-state index in [0.29, 0.717) is 24.1 Å². The summed E-state index contributed by atoms with van der Waals surface area (Å²) in [6, 6.07) is 0. The number of nitrogens with two attached hydrogens (primary N) is 1. The number of aliphatic imine (C=N–C) groups is 1. The fourth-order valence-electron chi connectivity index (χ4n) is 2.74. The molecule has 2 rings (SSSR count). The molecular weight excluding hydrogens is 401 g/mol. The molecule has 0 aromatic carbocycles. The highest BCUT2D eigenvalue weighted by Gasteiger charge is 2.47. The van der Waals surface area contributed by atoms with Crippen molar-refractivity contribution in [1.29, 1.82) is 0 Å². The molecule has 1 heterocycles. The van der Waals surface area contributed by atoms with Crippen molar-refractivity contribution in [3.05, 3.63) is 23.3 Å². The monoisotopic (exact) mass is 415 g/mol. The molecule has 0 unspecified atom stereocenters. The fraction of sp³-hybridized carbons (Fsp3) is 0.538. The second-order valence-electron chi connectivity index (χ2n) is 5.56. The minimum atomic E-state index is -4.41. The number of rotatable bonds is 3. The van der Waals surface area contributed by atoms with Gasteiger partial charge in [-0.3, -0.25) is 9.79 Å². The molecule has 1 aliphatic carbocycles. The van der Waals surface area contributed by atoms with Gasteiger partial charge in [-0.2, -0.15) is 8.42 Å². The third kappa shape index (κ3) is 3.88. The lowest BCUT2D eigenvalue weighted by atomic mass is 9.83. The number of halogens is 3. The number of guanidine groups is 1. The maximum Gasteiger partial charge on any atom is 0.366 e. The zero-order valence-corrected chi connectivity index (χ0v) is 16.0. The van der Waals surface area contributed by atoms with Gasteiger partial charge in [0.1, 0.15) is 12.1 Å². The smallest absolute Gasteiger partial charge is 0.366 e. The average molecular weight is 417 g/mol. The molecule has 0 aromatic rings. The summed E-state index contributed by atoms with van der Waals surface area (Å²) in [7, 11) is -4.41. The summed E-state index contributed by atoms with van der Waals surface area (Å²) in [5.41, 5.74) is 5.45. The van der Waals surface area contributed by atoms with Gasteiger partial charge in [-0.05, 0) is 43.6 Å². The number of carbonyl (C=O) groups excluding carboxylic acids is 1. The maximum atomic E-state index is 12.6. The highest BCUT2D eigenvalue weighted by Crippen LogP contribution is 2.36. The molecule has 1 spiro atoms. The summed E-state index contributed by atoms with van der Waals surface area (Å²) in [5.74, 6) is -0.422. The van der Waals surface area contributed by atoms with Crippen LogP contribution in [0.25, 0.3) is 0 Å². The van der Waals surface area contributed by atoms with E-state index in [9.17, 15) is 13.2 Å². The van der Waals surface area contributed by atoms with E-state index >= 15 is 0 Å². The number of carbonyl (C=O) groups is 1. The number of nitrogens with zero attached hydrogens (tertiary/aromatic N) is 2. The van der Waals surface area contributed by atoms with Gasteiger partial charge in [0.25, 0.3) is 0 Å². The Morgan fingerprint density at radius 1 is 1.33 bits per heavy atom. The second-order valence-corrected chi connectivity index (χ2v) is 9.54. The van der Waals surface area contributed by atoms with Gasteiger partial charge < -0.3 is 5.73 Å². The average Bonchev–Trinajstić information content (AvgIpc) is 2.42. The first kappa shape index (κ1) is 19.5. The van der Waals surface area contributed by atoms with Crippen molar-refractivity contribution in [3.63, 3.8) is 0 Å². The van der Waals surface area contributed by atoms with Crippen LogP contribution in [0.3, 0.4) is 0 Å². The van der Waals surface area contributed by atoms with E-state index in [4.69, 9.17) is 44.7 Å². The molecule has 11 heteroatoms. The molecule has 0 fully saturated rings. The Kier molecular flexibility index (Phi) is 5.28. The fourth-order valence-corrected chi connectivity index (χ4v) is 4.43. The number of alkyl halides is 3. The van der Waals surface area contributed by atoms with E-state index in [1.54, 1.807) is 26.0 Å². The van der Waals surface area contributed by atoms with Crippen molar-refractivity contribution in [2.75, 3.05) is 13.2 Å². The maximum absolute atomic E-state index is 12.6. The summed E-state index contributed by atoms with van der Waals surface area (Å²) in [6.07, 6.45) is 3.38. The zero-order chi connectivity index (χ0) is 18.3. The van der Waals surface area contributed by atoms with Crippen molar-refractivity contribution >= 4 is 56.8 Å². The Labute approximate surface area is 155 Å². The molecular formula is C13H16Cl3N3O4S. The molecule has 0 radical (unpaired) electrons. The summed E-state index contributed by atoms with van der Waals surface area (Å²) in [4.78, 5) is 16.0. The van der Waals surface area contributed by atoms with Crippen molar-refractivity contribution in [3.8, 4) is 0 Å². The van der Waals surface area contributed by atoms with Crippen LogP contribution in [-0.2, 0) is 19.3 Å². The van der Waals surface area contributed by atoms with Crippen LogP contribution in [0.4, 0.5) is 0 Å². The van der Waals surface area contributed by atoms with Crippen LogP contribution >= 0.6 is 34.8 Å². The van der Waals surface area contributed by atoms with Gasteiger partial charge in [-0.15, -0.1) is 0 Å². The minimum Gasteiger partial charge on any atom is -0.369 e. The first-order chi connectivity index (χ1) is 10.9. The van der Waals surface area contributed by atoms with Crippen molar-refractivity contribution in [2.45, 2.75) is 29.6 Å². The molecule has 1 aliphatic heterocycles. The molecule has 0 atom stereocenters. The summed E-state index contributed by atoms with van der Waals surface area (Å²) >= 11 is 16.7. The van der Waals surface area contributed by atoms with Crippen LogP contribution in [0.15, 0.2) is 28.3 Å². The lowest BCUT2D eigenvalue weighted by Crippen LogP contribution is -2.59. The third-order valence-corrected chi connectivity index (χ3v) is 5.33. The number of allylic oxidation sites excluding steroid dienone is 2. The molecule has 7 nitrogen and oxygen atoms in total. The first-order valence-corrected chi connectivity index (χ1v) is 9.38. The molecule has 24 heavy (non-hydrogen) atoms. The molecule has 0 bridgehead atoms. The standard InChI is InChI=1S/C13H16Cl3N3O4S/c1-8-5-12(6-9(2)10(8)20)3-4-18-11(17)19(12)24(21,22)23-7-13(14,15)16/h5-6H,3-4,7H2,1-2H3,(H2,17,18). The van der Waals surface area contributed by atoms with Gasteiger partial charge in [0, 0.05) is 6.54 Å². The van der Waals surface area contributed by atoms with Crippen LogP contribution in [0.1, 0.15) is 20.3 Å². The second kappa shape index (κ2) is 6.49. The van der Waals surface area contributed by atoms with Crippen LogP contribution in [0.5, 0.6) is 0 Å². The van der Waals surface area contributed by atoms with E-state index in [1.807, 2.05) is 0 Å². The highest BCUT2D eigenvalue weighted by atomic mass is 35.6. The lowest BCUT2D eigenvalue weighted by molar-refractivity contribution is -0.112. The Morgan fingerprint density at radius 2 is 1.88 bits per heavy atom. The van der Waals surface area contributed by atoms with E-state index in [1.165, 1.54) is 0 Å². The summed E-state index contributed by atoms with van der Waals surface area (Å²) in [5, 5.41) is 0. The highest BCUT2D eigenvalue weighted by molar-refractivity contribution is 7.85. The number of hydrogen-bond donors (Lipinski definition) is 1. The summed E-state index contributed by atoms with van der Waals surface area (Å²) < 4.78 is 29.0. The zero-order valence-electron chi connectivity index (χ0n) is 12.9. The molecule has 134 valence electrons. The van der Waals surface area contributed by atoms with Crippen molar-refractivity contribution in [2.24, 2.45) is 10.7 Å². The third-order valence-electron chi connectivity index (χ3n) is 3.62. The van der Waals surface area contributed by atoms with Crippen LogP contribution in [0.2, 0.25) is 0 Å². The molecule has 0 saturated carbocycles. The molecule has 2 aliphatic rings. The van der Waals surface area contributed by atoms with Crippen LogP contribution in [-0.4, -0.2) is 46.9 Å². The predicted molar refractivity (Wildman–Crippen MR) is 93.4 cm³/mol. The van der Waals surface area contributed by atoms with E-state index in [0.717, 1.165) is 4.31 Å². The van der Waals surface area contributed by atoms with Gasteiger partial charge >= 0.3 is 10.3 Å².